The SMILES string of the molecule is O=C(Cc1cccc(F)c1F)N1CCC(CCl)CC1. The van der Waals surface area contributed by atoms with Gasteiger partial charge in [-0.25, -0.2) is 8.78 Å². The third-order valence-corrected chi connectivity index (χ3v) is 4.00. The average Bonchev–Trinajstić information content (AvgIpc) is 2.44. The molecule has 1 fully saturated rings. The Balaban J connectivity index is 1.96. The molecule has 0 saturated carbocycles. The van der Waals surface area contributed by atoms with Gasteiger partial charge < -0.3 is 4.90 Å². The highest BCUT2D eigenvalue weighted by Crippen LogP contribution is 2.20. The summed E-state index contributed by atoms with van der Waals surface area (Å²) >= 11 is 5.78. The number of hydrogen-bond donors (Lipinski definition) is 0. The minimum atomic E-state index is -0.925. The summed E-state index contributed by atoms with van der Waals surface area (Å²) in [6.45, 7) is 1.29. The Labute approximate surface area is 116 Å². The van der Waals surface area contributed by atoms with E-state index in [-0.39, 0.29) is 17.9 Å². The molecule has 1 heterocycles. The molecule has 1 aliphatic heterocycles. The number of piperidine rings is 1. The summed E-state index contributed by atoms with van der Waals surface area (Å²) in [6, 6.07) is 3.91. The molecule has 5 heteroatoms. The van der Waals surface area contributed by atoms with Gasteiger partial charge in [-0.2, -0.15) is 0 Å². The van der Waals surface area contributed by atoms with Gasteiger partial charge in [0.25, 0.3) is 0 Å². The minimum absolute atomic E-state index is 0.0882. The Bertz CT molecular complexity index is 459. The topological polar surface area (TPSA) is 20.3 Å². The van der Waals surface area contributed by atoms with Crippen LogP contribution in [0.5, 0.6) is 0 Å². The fourth-order valence-electron chi connectivity index (χ4n) is 2.30. The van der Waals surface area contributed by atoms with Crippen LogP contribution in [0.25, 0.3) is 0 Å². The van der Waals surface area contributed by atoms with Crippen LogP contribution in [0.2, 0.25) is 0 Å². The third kappa shape index (κ3) is 3.44. The first-order valence-electron chi connectivity index (χ1n) is 6.38. The molecule has 2 rings (SSSR count). The maximum Gasteiger partial charge on any atom is 0.227 e. The number of carbonyl (C=O) groups is 1. The van der Waals surface area contributed by atoms with Crippen LogP contribution in [0.4, 0.5) is 8.78 Å². The number of rotatable bonds is 3. The summed E-state index contributed by atoms with van der Waals surface area (Å²) in [6.07, 6.45) is 1.66. The molecule has 1 aromatic rings. The van der Waals surface area contributed by atoms with E-state index >= 15 is 0 Å². The van der Waals surface area contributed by atoms with Gasteiger partial charge in [-0.05, 0) is 24.8 Å². The van der Waals surface area contributed by atoms with E-state index in [2.05, 4.69) is 0 Å². The maximum absolute atomic E-state index is 13.5. The molecule has 0 bridgehead atoms. The van der Waals surface area contributed by atoms with Crippen molar-refractivity contribution in [2.24, 2.45) is 5.92 Å². The van der Waals surface area contributed by atoms with Crippen LogP contribution in [-0.4, -0.2) is 29.8 Å². The lowest BCUT2D eigenvalue weighted by atomic mass is 9.98. The van der Waals surface area contributed by atoms with E-state index in [1.807, 2.05) is 0 Å². The fraction of sp³-hybridized carbons (Fsp3) is 0.500. The Morgan fingerprint density at radius 2 is 2.00 bits per heavy atom. The molecular weight excluding hydrogens is 272 g/mol. The summed E-state index contributed by atoms with van der Waals surface area (Å²) in [4.78, 5) is 13.7. The van der Waals surface area contributed by atoms with Crippen molar-refractivity contribution < 1.29 is 13.6 Å². The number of likely N-dealkylation sites (tertiary alicyclic amines) is 1. The van der Waals surface area contributed by atoms with Crippen molar-refractivity contribution in [2.75, 3.05) is 19.0 Å². The maximum atomic E-state index is 13.5. The van der Waals surface area contributed by atoms with Gasteiger partial charge in [0, 0.05) is 24.5 Å². The smallest absolute Gasteiger partial charge is 0.227 e. The van der Waals surface area contributed by atoms with E-state index in [9.17, 15) is 13.6 Å². The number of benzene rings is 1. The molecule has 1 saturated heterocycles. The van der Waals surface area contributed by atoms with Crippen molar-refractivity contribution in [3.8, 4) is 0 Å². The van der Waals surface area contributed by atoms with Crippen LogP contribution >= 0.6 is 11.6 Å². The summed E-state index contributed by atoms with van der Waals surface area (Å²) < 4.78 is 26.5. The van der Waals surface area contributed by atoms with E-state index in [4.69, 9.17) is 11.6 Å². The van der Waals surface area contributed by atoms with E-state index in [0.29, 0.717) is 24.9 Å². The highest BCUT2D eigenvalue weighted by molar-refractivity contribution is 6.18. The lowest BCUT2D eigenvalue weighted by molar-refractivity contribution is -0.131. The van der Waals surface area contributed by atoms with Crippen molar-refractivity contribution in [1.82, 2.24) is 4.90 Å². The molecule has 0 aliphatic carbocycles. The molecule has 2 nitrogen and oxygen atoms in total. The van der Waals surface area contributed by atoms with Crippen LogP contribution < -0.4 is 0 Å². The van der Waals surface area contributed by atoms with Crippen molar-refractivity contribution in [2.45, 2.75) is 19.3 Å². The first-order valence-corrected chi connectivity index (χ1v) is 6.92. The van der Waals surface area contributed by atoms with Gasteiger partial charge >= 0.3 is 0 Å². The van der Waals surface area contributed by atoms with E-state index in [1.54, 1.807) is 4.90 Å². The number of carbonyl (C=O) groups excluding carboxylic acids is 1. The number of hydrogen-bond acceptors (Lipinski definition) is 1. The van der Waals surface area contributed by atoms with Crippen molar-refractivity contribution >= 4 is 17.5 Å². The molecule has 1 aromatic carbocycles. The normalized spacial score (nSPS) is 16.7. The van der Waals surface area contributed by atoms with Crippen LogP contribution in [0.3, 0.4) is 0 Å². The monoisotopic (exact) mass is 287 g/mol. The second-order valence-electron chi connectivity index (χ2n) is 4.87. The van der Waals surface area contributed by atoms with Gasteiger partial charge in [0.15, 0.2) is 11.6 Å². The van der Waals surface area contributed by atoms with Crippen molar-refractivity contribution in [1.29, 1.82) is 0 Å². The molecule has 19 heavy (non-hydrogen) atoms. The molecule has 1 aliphatic rings. The van der Waals surface area contributed by atoms with Crippen molar-refractivity contribution in [3.05, 3.63) is 35.4 Å². The third-order valence-electron chi connectivity index (χ3n) is 3.56. The zero-order valence-corrected chi connectivity index (χ0v) is 11.3. The number of halogens is 3. The number of nitrogens with zero attached hydrogens (tertiary/aromatic N) is 1. The molecule has 104 valence electrons. The summed E-state index contributed by atoms with van der Waals surface area (Å²) in [7, 11) is 0. The van der Waals surface area contributed by atoms with Crippen LogP contribution in [0.1, 0.15) is 18.4 Å². The lowest BCUT2D eigenvalue weighted by Crippen LogP contribution is -2.39. The Morgan fingerprint density at radius 3 is 2.63 bits per heavy atom. The molecule has 0 atom stereocenters. The zero-order chi connectivity index (χ0) is 13.8. The quantitative estimate of drug-likeness (QED) is 0.783. The standard InChI is InChI=1S/C14H16ClF2NO/c15-9-10-4-6-18(7-5-10)13(19)8-11-2-1-3-12(16)14(11)17/h1-3,10H,4-9H2. The molecule has 0 spiro atoms. The first kappa shape index (κ1) is 14.3. The van der Waals surface area contributed by atoms with Gasteiger partial charge in [-0.15, -0.1) is 11.6 Å². The molecule has 0 unspecified atom stereocenters. The molecular formula is C14H16ClF2NO. The van der Waals surface area contributed by atoms with Crippen LogP contribution in [0, 0.1) is 17.6 Å². The minimum Gasteiger partial charge on any atom is -0.342 e. The van der Waals surface area contributed by atoms with Gasteiger partial charge in [-0.1, -0.05) is 12.1 Å². The predicted molar refractivity (Wildman–Crippen MR) is 70.1 cm³/mol. The van der Waals surface area contributed by atoms with E-state index in [1.165, 1.54) is 12.1 Å². The molecule has 0 aromatic heterocycles. The lowest BCUT2D eigenvalue weighted by Gasteiger charge is -2.31. The zero-order valence-electron chi connectivity index (χ0n) is 10.5. The molecule has 0 N–H and O–H groups in total. The van der Waals surface area contributed by atoms with Gasteiger partial charge in [0.2, 0.25) is 5.91 Å². The van der Waals surface area contributed by atoms with E-state index in [0.717, 1.165) is 18.9 Å². The number of alkyl halides is 1. The highest BCUT2D eigenvalue weighted by atomic mass is 35.5. The summed E-state index contributed by atoms with van der Waals surface area (Å²) in [5.74, 6) is -0.924. The second-order valence-corrected chi connectivity index (χ2v) is 5.18. The van der Waals surface area contributed by atoms with Crippen molar-refractivity contribution in [3.63, 3.8) is 0 Å². The Kier molecular flexibility index (Phi) is 4.75. The van der Waals surface area contributed by atoms with Crippen LogP contribution in [0.15, 0.2) is 18.2 Å². The van der Waals surface area contributed by atoms with Crippen LogP contribution in [-0.2, 0) is 11.2 Å². The predicted octanol–water partition coefficient (Wildman–Crippen LogP) is 2.98. The second kappa shape index (κ2) is 6.33. The highest BCUT2D eigenvalue weighted by Gasteiger charge is 2.23. The largest absolute Gasteiger partial charge is 0.342 e. The average molecular weight is 288 g/mol. The van der Waals surface area contributed by atoms with Gasteiger partial charge in [0.05, 0.1) is 6.42 Å². The number of amides is 1. The van der Waals surface area contributed by atoms with Gasteiger partial charge in [-0.3, -0.25) is 4.79 Å². The first-order chi connectivity index (χ1) is 9.11. The fourth-order valence-corrected chi connectivity index (χ4v) is 2.60. The van der Waals surface area contributed by atoms with E-state index < -0.39 is 11.6 Å². The summed E-state index contributed by atoms with van der Waals surface area (Å²) in [5.41, 5.74) is 0.115. The summed E-state index contributed by atoms with van der Waals surface area (Å²) in [5, 5.41) is 0. The Morgan fingerprint density at radius 1 is 1.32 bits per heavy atom. The van der Waals surface area contributed by atoms with Gasteiger partial charge in [0.1, 0.15) is 0 Å². The molecule has 1 amide bonds. The molecule has 0 radical (unpaired) electrons. The Hall–Kier alpha value is -1.16.